The summed E-state index contributed by atoms with van der Waals surface area (Å²) in [4.78, 5) is 19.0. The number of hydrogen-bond acceptors (Lipinski definition) is 5. The standard InChI is InChI=1S/C19H26N4O2/c1-15(18(24)22-13-16-5-4-12-25-16)23-10-7-19(14-20,8-11-23)17-6-2-3-9-21-17/h2-3,6,9,15-16H,4-5,7-8,10-13H2,1H3,(H,22,24). The Morgan fingerprint density at radius 1 is 1.52 bits per heavy atom. The smallest absolute Gasteiger partial charge is 0.237 e. The first-order chi connectivity index (χ1) is 12.1. The van der Waals surface area contributed by atoms with Gasteiger partial charge in [0.05, 0.1) is 23.9 Å². The first-order valence-electron chi connectivity index (χ1n) is 9.11. The minimum absolute atomic E-state index is 0.0396. The van der Waals surface area contributed by atoms with Crippen molar-refractivity contribution in [1.82, 2.24) is 15.2 Å². The number of pyridine rings is 1. The second kappa shape index (κ2) is 7.94. The van der Waals surface area contributed by atoms with Crippen LogP contribution >= 0.6 is 0 Å². The number of nitriles is 1. The van der Waals surface area contributed by atoms with E-state index in [0.29, 0.717) is 19.4 Å². The van der Waals surface area contributed by atoms with Crippen molar-refractivity contribution < 1.29 is 9.53 Å². The Bertz CT molecular complexity index is 614. The highest BCUT2D eigenvalue weighted by Gasteiger charge is 2.39. The van der Waals surface area contributed by atoms with E-state index < -0.39 is 5.41 Å². The SMILES string of the molecule is CC(C(=O)NCC1CCCO1)N1CCC(C#N)(c2ccccn2)CC1. The number of carbonyl (C=O) groups excluding carboxylic acids is 1. The largest absolute Gasteiger partial charge is 0.376 e. The van der Waals surface area contributed by atoms with Gasteiger partial charge >= 0.3 is 0 Å². The van der Waals surface area contributed by atoms with Crippen LogP contribution in [-0.4, -0.2) is 54.2 Å². The van der Waals surface area contributed by atoms with Crippen LogP contribution in [0.3, 0.4) is 0 Å². The maximum atomic E-state index is 12.4. The highest BCUT2D eigenvalue weighted by molar-refractivity contribution is 5.81. The van der Waals surface area contributed by atoms with E-state index in [4.69, 9.17) is 4.74 Å². The van der Waals surface area contributed by atoms with E-state index >= 15 is 0 Å². The number of rotatable bonds is 5. The summed E-state index contributed by atoms with van der Waals surface area (Å²) in [5.41, 5.74) is 0.304. The fourth-order valence-electron chi connectivity index (χ4n) is 3.70. The molecule has 2 atom stereocenters. The van der Waals surface area contributed by atoms with Crippen LogP contribution in [-0.2, 0) is 14.9 Å². The molecule has 3 heterocycles. The number of amides is 1. The second-order valence-electron chi connectivity index (χ2n) is 7.00. The number of ether oxygens (including phenoxy) is 1. The van der Waals surface area contributed by atoms with E-state index in [1.807, 2.05) is 25.1 Å². The second-order valence-corrected chi connectivity index (χ2v) is 7.00. The van der Waals surface area contributed by atoms with Crippen molar-refractivity contribution in [3.8, 4) is 6.07 Å². The summed E-state index contributed by atoms with van der Waals surface area (Å²) in [6.07, 6.45) is 5.39. The summed E-state index contributed by atoms with van der Waals surface area (Å²) in [6.45, 7) is 4.77. The molecule has 0 bridgehead atoms. The van der Waals surface area contributed by atoms with Gasteiger partial charge in [-0.2, -0.15) is 5.26 Å². The lowest BCUT2D eigenvalue weighted by Gasteiger charge is -2.39. The molecule has 6 heteroatoms. The molecular formula is C19H26N4O2. The predicted octanol–water partition coefficient (Wildman–Crippen LogP) is 1.62. The highest BCUT2D eigenvalue weighted by Crippen LogP contribution is 2.34. The Hall–Kier alpha value is -1.97. The zero-order valence-electron chi connectivity index (χ0n) is 14.8. The molecule has 2 unspecified atom stereocenters. The van der Waals surface area contributed by atoms with Crippen LogP contribution in [0.5, 0.6) is 0 Å². The van der Waals surface area contributed by atoms with Crippen LogP contribution in [0, 0.1) is 11.3 Å². The van der Waals surface area contributed by atoms with Crippen molar-refractivity contribution in [3.63, 3.8) is 0 Å². The Kier molecular flexibility index (Phi) is 5.67. The van der Waals surface area contributed by atoms with Crippen molar-refractivity contribution in [2.24, 2.45) is 0 Å². The number of piperidine rings is 1. The molecule has 25 heavy (non-hydrogen) atoms. The lowest BCUT2D eigenvalue weighted by Crippen LogP contribution is -2.52. The molecule has 0 spiro atoms. The fourth-order valence-corrected chi connectivity index (χ4v) is 3.70. The third-order valence-electron chi connectivity index (χ3n) is 5.48. The number of likely N-dealkylation sites (tertiary alicyclic amines) is 1. The van der Waals surface area contributed by atoms with Gasteiger partial charge in [0, 0.05) is 32.4 Å². The lowest BCUT2D eigenvalue weighted by atomic mass is 9.76. The van der Waals surface area contributed by atoms with Gasteiger partial charge in [0.25, 0.3) is 0 Å². The summed E-state index contributed by atoms with van der Waals surface area (Å²) < 4.78 is 5.55. The minimum atomic E-state index is -0.536. The molecule has 2 fully saturated rings. The molecule has 1 N–H and O–H groups in total. The minimum Gasteiger partial charge on any atom is -0.376 e. The van der Waals surface area contributed by atoms with Crippen molar-refractivity contribution in [2.45, 2.75) is 50.2 Å². The number of aromatic nitrogens is 1. The third kappa shape index (κ3) is 4.00. The molecule has 0 aromatic carbocycles. The van der Waals surface area contributed by atoms with Gasteiger partial charge in [0.2, 0.25) is 5.91 Å². The third-order valence-corrected chi connectivity index (χ3v) is 5.48. The van der Waals surface area contributed by atoms with Gasteiger partial charge in [-0.25, -0.2) is 0 Å². The van der Waals surface area contributed by atoms with E-state index in [9.17, 15) is 10.1 Å². The molecule has 0 aliphatic carbocycles. The molecule has 2 aliphatic heterocycles. The van der Waals surface area contributed by atoms with Crippen LogP contribution in [0.2, 0.25) is 0 Å². The molecule has 0 radical (unpaired) electrons. The average Bonchev–Trinajstić information content (AvgIpc) is 3.20. The number of nitrogens with zero attached hydrogens (tertiary/aromatic N) is 3. The molecule has 0 saturated carbocycles. The highest BCUT2D eigenvalue weighted by atomic mass is 16.5. The van der Waals surface area contributed by atoms with Crippen molar-refractivity contribution in [1.29, 1.82) is 5.26 Å². The van der Waals surface area contributed by atoms with E-state index in [2.05, 4.69) is 21.3 Å². The molecule has 2 aliphatic rings. The van der Waals surface area contributed by atoms with Gasteiger partial charge in [-0.1, -0.05) is 6.07 Å². The van der Waals surface area contributed by atoms with Gasteiger partial charge in [0.15, 0.2) is 0 Å². The first kappa shape index (κ1) is 17.8. The van der Waals surface area contributed by atoms with Crippen LogP contribution in [0.4, 0.5) is 0 Å². The molecule has 134 valence electrons. The van der Waals surface area contributed by atoms with E-state index in [-0.39, 0.29) is 18.1 Å². The van der Waals surface area contributed by atoms with E-state index in [0.717, 1.165) is 38.2 Å². The summed E-state index contributed by atoms with van der Waals surface area (Å²) >= 11 is 0. The molecule has 1 amide bonds. The Labute approximate surface area is 149 Å². The van der Waals surface area contributed by atoms with Crippen molar-refractivity contribution in [3.05, 3.63) is 30.1 Å². The Morgan fingerprint density at radius 2 is 2.32 bits per heavy atom. The molecular weight excluding hydrogens is 316 g/mol. The van der Waals surface area contributed by atoms with E-state index in [1.54, 1.807) is 6.20 Å². The van der Waals surface area contributed by atoms with Gasteiger partial charge < -0.3 is 10.1 Å². The Morgan fingerprint density at radius 3 is 2.92 bits per heavy atom. The molecule has 3 rings (SSSR count). The molecule has 6 nitrogen and oxygen atoms in total. The van der Waals surface area contributed by atoms with Crippen molar-refractivity contribution in [2.75, 3.05) is 26.2 Å². The lowest BCUT2D eigenvalue weighted by molar-refractivity contribution is -0.127. The maximum Gasteiger partial charge on any atom is 0.237 e. The van der Waals surface area contributed by atoms with E-state index in [1.165, 1.54) is 0 Å². The van der Waals surface area contributed by atoms with Crippen molar-refractivity contribution >= 4 is 5.91 Å². The zero-order chi connectivity index (χ0) is 17.7. The predicted molar refractivity (Wildman–Crippen MR) is 93.8 cm³/mol. The average molecular weight is 342 g/mol. The number of nitrogens with one attached hydrogen (secondary N) is 1. The monoisotopic (exact) mass is 342 g/mol. The number of hydrogen-bond donors (Lipinski definition) is 1. The van der Waals surface area contributed by atoms with Crippen LogP contribution in [0.25, 0.3) is 0 Å². The molecule has 1 aromatic heterocycles. The Balaban J connectivity index is 1.54. The summed E-state index contributed by atoms with van der Waals surface area (Å²) in [5, 5.41) is 12.7. The van der Waals surface area contributed by atoms with Crippen LogP contribution in [0.1, 0.15) is 38.3 Å². The quantitative estimate of drug-likeness (QED) is 0.880. The van der Waals surface area contributed by atoms with Gasteiger partial charge in [-0.15, -0.1) is 0 Å². The van der Waals surface area contributed by atoms with Gasteiger partial charge in [-0.05, 0) is 44.7 Å². The van der Waals surface area contributed by atoms with Crippen LogP contribution in [0.15, 0.2) is 24.4 Å². The zero-order valence-corrected chi connectivity index (χ0v) is 14.8. The maximum absolute atomic E-state index is 12.4. The molecule has 1 aromatic rings. The van der Waals surface area contributed by atoms with Gasteiger partial charge in [0.1, 0.15) is 5.41 Å². The fraction of sp³-hybridized carbons (Fsp3) is 0.632. The summed E-state index contributed by atoms with van der Waals surface area (Å²) in [6, 6.07) is 8.00. The molecule has 2 saturated heterocycles. The topological polar surface area (TPSA) is 78.2 Å². The van der Waals surface area contributed by atoms with Gasteiger partial charge in [-0.3, -0.25) is 14.7 Å². The summed E-state index contributed by atoms with van der Waals surface area (Å²) in [7, 11) is 0. The summed E-state index contributed by atoms with van der Waals surface area (Å²) in [5.74, 6) is 0.0396. The first-order valence-corrected chi connectivity index (χ1v) is 9.11. The number of carbonyl (C=O) groups is 1. The normalized spacial score (nSPS) is 24.4. The van der Waals surface area contributed by atoms with Crippen LogP contribution < -0.4 is 5.32 Å².